The Hall–Kier alpha value is -3.38. The summed E-state index contributed by atoms with van der Waals surface area (Å²) in [6.45, 7) is 2.71. The molecule has 1 saturated heterocycles. The van der Waals surface area contributed by atoms with Crippen LogP contribution in [0.25, 0.3) is 11.0 Å². The van der Waals surface area contributed by atoms with Crippen molar-refractivity contribution >= 4 is 39.9 Å². The Morgan fingerprint density at radius 1 is 0.939 bits per heavy atom. The van der Waals surface area contributed by atoms with Gasteiger partial charge in [0.25, 0.3) is 0 Å². The van der Waals surface area contributed by atoms with E-state index in [2.05, 4.69) is 27.3 Å². The summed E-state index contributed by atoms with van der Waals surface area (Å²) in [5.41, 5.74) is 4.65. The number of anilines is 2. The highest BCUT2D eigenvalue weighted by atomic mass is 35.5. The molecule has 1 aliphatic heterocycles. The van der Waals surface area contributed by atoms with Gasteiger partial charge in [-0.15, -0.1) is 5.10 Å². The number of aromatic nitrogens is 3. The van der Waals surface area contributed by atoms with Gasteiger partial charge in [0.15, 0.2) is 0 Å². The van der Waals surface area contributed by atoms with Crippen LogP contribution in [0.4, 0.5) is 11.4 Å². The van der Waals surface area contributed by atoms with Crippen LogP contribution in [0, 0.1) is 0 Å². The van der Waals surface area contributed by atoms with E-state index >= 15 is 0 Å². The van der Waals surface area contributed by atoms with Gasteiger partial charge in [0.2, 0.25) is 5.91 Å². The Balaban J connectivity index is 1.42. The maximum Gasteiger partial charge on any atom is 0.249 e. The van der Waals surface area contributed by atoms with E-state index in [0.717, 1.165) is 35.4 Å². The lowest BCUT2D eigenvalue weighted by molar-refractivity contribution is -0.119. The molecule has 4 aromatic rings. The molecule has 0 spiro atoms. The summed E-state index contributed by atoms with van der Waals surface area (Å²) in [5, 5.41) is 9.04. The van der Waals surface area contributed by atoms with Crippen molar-refractivity contribution in [2.75, 3.05) is 22.9 Å². The molecule has 0 unspecified atom stereocenters. The fourth-order valence-electron chi connectivity index (χ4n) is 4.38. The van der Waals surface area contributed by atoms with Crippen molar-refractivity contribution in [3.63, 3.8) is 0 Å². The number of carbonyl (C=O) groups is 1. The van der Waals surface area contributed by atoms with Crippen LogP contribution in [0.2, 0.25) is 5.02 Å². The fourth-order valence-corrected chi connectivity index (χ4v) is 4.60. The van der Waals surface area contributed by atoms with Gasteiger partial charge in [0, 0.05) is 29.5 Å². The molecule has 0 aliphatic carbocycles. The van der Waals surface area contributed by atoms with Crippen LogP contribution in [-0.4, -0.2) is 34.0 Å². The minimum atomic E-state index is -0.0589. The SMILES string of the molecule is O=C(Cn1nnc2ccccc21)N(Cc1cccc(Cl)c1)c1ccc(N2CCCCC2)cc1. The first kappa shape index (κ1) is 21.5. The van der Waals surface area contributed by atoms with Crippen molar-refractivity contribution in [3.05, 3.63) is 83.4 Å². The van der Waals surface area contributed by atoms with Gasteiger partial charge in [-0.25, -0.2) is 4.68 Å². The van der Waals surface area contributed by atoms with E-state index in [1.54, 1.807) is 9.58 Å². The number of halogens is 1. The van der Waals surface area contributed by atoms with Gasteiger partial charge in [0.1, 0.15) is 12.1 Å². The molecule has 0 N–H and O–H groups in total. The minimum absolute atomic E-state index is 0.0589. The van der Waals surface area contributed by atoms with Crippen LogP contribution in [0.5, 0.6) is 0 Å². The summed E-state index contributed by atoms with van der Waals surface area (Å²) in [4.78, 5) is 17.7. The molecule has 1 aromatic heterocycles. The van der Waals surface area contributed by atoms with Crippen molar-refractivity contribution < 1.29 is 4.79 Å². The van der Waals surface area contributed by atoms with Gasteiger partial charge in [0.05, 0.1) is 12.1 Å². The molecular formula is C26H26ClN5O. The summed E-state index contributed by atoms with van der Waals surface area (Å²) >= 11 is 6.21. The Kier molecular flexibility index (Phi) is 6.26. The highest BCUT2D eigenvalue weighted by molar-refractivity contribution is 6.30. The van der Waals surface area contributed by atoms with Crippen LogP contribution in [0.15, 0.2) is 72.8 Å². The molecule has 0 atom stereocenters. The second-order valence-electron chi connectivity index (χ2n) is 8.41. The zero-order valence-electron chi connectivity index (χ0n) is 18.4. The molecule has 168 valence electrons. The number of benzene rings is 3. The van der Waals surface area contributed by atoms with Crippen molar-refractivity contribution in [3.8, 4) is 0 Å². The van der Waals surface area contributed by atoms with Crippen molar-refractivity contribution in [1.29, 1.82) is 0 Å². The van der Waals surface area contributed by atoms with Crippen molar-refractivity contribution in [2.24, 2.45) is 0 Å². The second kappa shape index (κ2) is 9.63. The molecule has 1 amide bonds. The highest BCUT2D eigenvalue weighted by Crippen LogP contribution is 2.26. The minimum Gasteiger partial charge on any atom is -0.372 e. The molecule has 0 saturated carbocycles. The van der Waals surface area contributed by atoms with Gasteiger partial charge in [-0.05, 0) is 73.4 Å². The van der Waals surface area contributed by atoms with Crippen molar-refractivity contribution in [1.82, 2.24) is 15.0 Å². The van der Waals surface area contributed by atoms with E-state index in [4.69, 9.17) is 11.6 Å². The van der Waals surface area contributed by atoms with Gasteiger partial charge >= 0.3 is 0 Å². The summed E-state index contributed by atoms with van der Waals surface area (Å²) < 4.78 is 1.66. The van der Waals surface area contributed by atoms with Crippen LogP contribution < -0.4 is 9.80 Å². The van der Waals surface area contributed by atoms with Gasteiger partial charge < -0.3 is 9.80 Å². The van der Waals surface area contributed by atoms with E-state index in [-0.39, 0.29) is 12.5 Å². The molecule has 7 heteroatoms. The first-order chi connectivity index (χ1) is 16.2. The summed E-state index contributed by atoms with van der Waals surface area (Å²) in [6, 6.07) is 23.6. The molecule has 3 aromatic carbocycles. The first-order valence-electron chi connectivity index (χ1n) is 11.4. The number of amides is 1. The molecule has 1 aliphatic rings. The number of hydrogen-bond acceptors (Lipinski definition) is 4. The van der Waals surface area contributed by atoms with Crippen LogP contribution in [-0.2, 0) is 17.9 Å². The number of rotatable bonds is 6. The smallest absolute Gasteiger partial charge is 0.249 e. The highest BCUT2D eigenvalue weighted by Gasteiger charge is 2.20. The molecule has 0 radical (unpaired) electrons. The van der Waals surface area contributed by atoms with Crippen LogP contribution >= 0.6 is 11.6 Å². The van der Waals surface area contributed by atoms with Gasteiger partial charge in [-0.3, -0.25) is 4.79 Å². The normalized spacial score (nSPS) is 13.9. The number of carbonyl (C=O) groups excluding carboxylic acids is 1. The number of para-hydroxylation sites is 1. The van der Waals surface area contributed by atoms with Crippen LogP contribution in [0.1, 0.15) is 24.8 Å². The number of fused-ring (bicyclic) bond motifs is 1. The molecule has 5 rings (SSSR count). The Bertz CT molecular complexity index is 1250. The quantitative estimate of drug-likeness (QED) is 0.392. The van der Waals surface area contributed by atoms with Gasteiger partial charge in [-0.1, -0.05) is 41.1 Å². The Morgan fingerprint density at radius 3 is 2.52 bits per heavy atom. The Morgan fingerprint density at radius 2 is 1.73 bits per heavy atom. The zero-order chi connectivity index (χ0) is 22.6. The molecule has 2 heterocycles. The number of piperidine rings is 1. The predicted molar refractivity (Wildman–Crippen MR) is 133 cm³/mol. The maximum atomic E-state index is 13.5. The third-order valence-electron chi connectivity index (χ3n) is 6.12. The monoisotopic (exact) mass is 459 g/mol. The van der Waals surface area contributed by atoms with Gasteiger partial charge in [-0.2, -0.15) is 0 Å². The molecule has 33 heavy (non-hydrogen) atoms. The van der Waals surface area contributed by atoms with E-state index in [1.165, 1.54) is 24.9 Å². The molecular weight excluding hydrogens is 434 g/mol. The number of nitrogens with zero attached hydrogens (tertiary/aromatic N) is 5. The third kappa shape index (κ3) is 4.86. The zero-order valence-corrected chi connectivity index (χ0v) is 19.2. The second-order valence-corrected chi connectivity index (χ2v) is 8.85. The summed E-state index contributed by atoms with van der Waals surface area (Å²) in [6.07, 6.45) is 3.76. The van der Waals surface area contributed by atoms with E-state index in [0.29, 0.717) is 11.6 Å². The largest absolute Gasteiger partial charge is 0.372 e. The van der Waals surface area contributed by atoms with E-state index in [1.807, 2.05) is 60.7 Å². The number of hydrogen-bond donors (Lipinski definition) is 0. The fraction of sp³-hybridized carbons (Fsp3) is 0.269. The summed E-state index contributed by atoms with van der Waals surface area (Å²) in [5.74, 6) is -0.0589. The average Bonchev–Trinajstić information content (AvgIpc) is 3.26. The molecule has 1 fully saturated rings. The molecule has 0 bridgehead atoms. The van der Waals surface area contributed by atoms with E-state index < -0.39 is 0 Å². The summed E-state index contributed by atoms with van der Waals surface area (Å²) in [7, 11) is 0. The lowest BCUT2D eigenvalue weighted by Crippen LogP contribution is -2.34. The van der Waals surface area contributed by atoms with Crippen LogP contribution in [0.3, 0.4) is 0 Å². The van der Waals surface area contributed by atoms with Crippen molar-refractivity contribution in [2.45, 2.75) is 32.4 Å². The molecule has 6 nitrogen and oxygen atoms in total. The standard InChI is InChI=1S/C26H26ClN5O/c27-21-8-6-7-20(17-21)18-31(23-13-11-22(12-14-23)30-15-4-1-5-16-30)26(33)19-32-25-10-3-2-9-24(25)28-29-32/h2-3,6-14,17H,1,4-5,15-16,18-19H2. The average molecular weight is 460 g/mol. The maximum absolute atomic E-state index is 13.5. The first-order valence-corrected chi connectivity index (χ1v) is 11.7. The predicted octanol–water partition coefficient (Wildman–Crippen LogP) is 5.31. The Labute approximate surface area is 198 Å². The lowest BCUT2D eigenvalue weighted by Gasteiger charge is -2.29. The lowest BCUT2D eigenvalue weighted by atomic mass is 10.1. The topological polar surface area (TPSA) is 54.3 Å². The van der Waals surface area contributed by atoms with E-state index in [9.17, 15) is 4.79 Å². The third-order valence-corrected chi connectivity index (χ3v) is 6.35.